The van der Waals surface area contributed by atoms with E-state index in [1.165, 1.54) is 31.4 Å². The third-order valence-electron chi connectivity index (χ3n) is 3.61. The molecule has 1 fully saturated rings. The van der Waals surface area contributed by atoms with Gasteiger partial charge in [-0.05, 0) is 43.4 Å². The van der Waals surface area contributed by atoms with Crippen LogP contribution in [0.25, 0.3) is 0 Å². The van der Waals surface area contributed by atoms with Crippen molar-refractivity contribution in [2.75, 3.05) is 18.4 Å². The molecule has 1 aromatic rings. The summed E-state index contributed by atoms with van der Waals surface area (Å²) in [7, 11) is 0. The Morgan fingerprint density at radius 3 is 2.47 bits per heavy atom. The van der Waals surface area contributed by atoms with Crippen molar-refractivity contribution >= 4 is 5.69 Å². The van der Waals surface area contributed by atoms with Gasteiger partial charge in [0.1, 0.15) is 0 Å². The van der Waals surface area contributed by atoms with Gasteiger partial charge in [-0.15, -0.1) is 0 Å². The highest BCUT2D eigenvalue weighted by Gasteiger charge is 2.34. The minimum atomic E-state index is 0.460. The van der Waals surface area contributed by atoms with Gasteiger partial charge in [0.25, 0.3) is 0 Å². The van der Waals surface area contributed by atoms with Crippen LogP contribution < -0.4 is 11.1 Å². The van der Waals surface area contributed by atoms with Gasteiger partial charge in [0.05, 0.1) is 0 Å². The monoisotopic (exact) mass is 204 g/mol. The van der Waals surface area contributed by atoms with Crippen molar-refractivity contribution in [2.45, 2.75) is 25.7 Å². The first-order chi connectivity index (χ1) is 7.35. The van der Waals surface area contributed by atoms with Crippen molar-refractivity contribution in [3.05, 3.63) is 30.3 Å². The first-order valence-electron chi connectivity index (χ1n) is 5.84. The molecule has 2 rings (SSSR count). The van der Waals surface area contributed by atoms with Gasteiger partial charge in [-0.3, -0.25) is 0 Å². The van der Waals surface area contributed by atoms with Crippen molar-refractivity contribution in [3.8, 4) is 0 Å². The Hall–Kier alpha value is -1.02. The number of para-hydroxylation sites is 1. The highest BCUT2D eigenvalue weighted by molar-refractivity contribution is 5.42. The molecule has 2 heteroatoms. The van der Waals surface area contributed by atoms with Gasteiger partial charge in [-0.25, -0.2) is 0 Å². The van der Waals surface area contributed by atoms with E-state index in [9.17, 15) is 0 Å². The Morgan fingerprint density at radius 2 is 1.93 bits per heavy atom. The van der Waals surface area contributed by atoms with E-state index in [1.54, 1.807) is 0 Å². The summed E-state index contributed by atoms with van der Waals surface area (Å²) in [6.45, 7) is 1.89. The van der Waals surface area contributed by atoms with Crippen LogP contribution in [0.15, 0.2) is 30.3 Å². The maximum atomic E-state index is 5.82. The van der Waals surface area contributed by atoms with E-state index in [1.807, 2.05) is 6.07 Å². The quantitative estimate of drug-likeness (QED) is 0.773. The van der Waals surface area contributed by atoms with Crippen LogP contribution in [0.3, 0.4) is 0 Å². The lowest BCUT2D eigenvalue weighted by atomic mass is 9.67. The van der Waals surface area contributed by atoms with Crippen LogP contribution in [0, 0.1) is 5.41 Å². The number of hydrogen-bond donors (Lipinski definition) is 2. The van der Waals surface area contributed by atoms with Crippen LogP contribution in [0.4, 0.5) is 5.69 Å². The van der Waals surface area contributed by atoms with E-state index in [4.69, 9.17) is 5.73 Å². The summed E-state index contributed by atoms with van der Waals surface area (Å²) in [5.41, 5.74) is 7.49. The van der Waals surface area contributed by atoms with Gasteiger partial charge in [0.2, 0.25) is 0 Å². The van der Waals surface area contributed by atoms with E-state index < -0.39 is 0 Å². The molecule has 0 bridgehead atoms. The molecule has 0 saturated heterocycles. The van der Waals surface area contributed by atoms with E-state index in [0.29, 0.717) is 5.41 Å². The second kappa shape index (κ2) is 4.67. The Labute approximate surface area is 91.9 Å². The summed E-state index contributed by atoms with van der Waals surface area (Å²) in [6, 6.07) is 10.4. The average molecular weight is 204 g/mol. The topological polar surface area (TPSA) is 38.0 Å². The number of anilines is 1. The van der Waals surface area contributed by atoms with Gasteiger partial charge >= 0.3 is 0 Å². The van der Waals surface area contributed by atoms with Crippen molar-refractivity contribution in [1.82, 2.24) is 0 Å². The third kappa shape index (κ3) is 2.51. The maximum absolute atomic E-state index is 5.82. The van der Waals surface area contributed by atoms with E-state index >= 15 is 0 Å². The third-order valence-corrected chi connectivity index (χ3v) is 3.61. The number of hydrogen-bond acceptors (Lipinski definition) is 2. The predicted molar refractivity (Wildman–Crippen MR) is 64.9 cm³/mol. The lowest BCUT2D eigenvalue weighted by Gasteiger charge is -2.41. The second-order valence-corrected chi connectivity index (χ2v) is 4.60. The molecule has 0 heterocycles. The predicted octanol–water partition coefficient (Wildman–Crippen LogP) is 2.62. The Morgan fingerprint density at radius 1 is 1.20 bits per heavy atom. The van der Waals surface area contributed by atoms with Gasteiger partial charge in [0.15, 0.2) is 0 Å². The minimum Gasteiger partial charge on any atom is -0.385 e. The minimum absolute atomic E-state index is 0.460. The molecule has 0 radical (unpaired) electrons. The van der Waals surface area contributed by atoms with Gasteiger partial charge in [0, 0.05) is 12.2 Å². The van der Waals surface area contributed by atoms with Crippen molar-refractivity contribution in [3.63, 3.8) is 0 Å². The smallest absolute Gasteiger partial charge is 0.0340 e. The standard InChI is InChI=1S/C13H20N2/c14-11-13(7-4-8-13)9-10-15-12-5-2-1-3-6-12/h1-3,5-6,15H,4,7-11,14H2. The van der Waals surface area contributed by atoms with Gasteiger partial charge in [-0.2, -0.15) is 0 Å². The number of nitrogens with one attached hydrogen (secondary N) is 1. The largest absolute Gasteiger partial charge is 0.385 e. The summed E-state index contributed by atoms with van der Waals surface area (Å²) < 4.78 is 0. The molecule has 0 aliphatic heterocycles. The molecule has 15 heavy (non-hydrogen) atoms. The molecule has 1 aromatic carbocycles. The lowest BCUT2D eigenvalue weighted by molar-refractivity contribution is 0.136. The first-order valence-corrected chi connectivity index (χ1v) is 5.84. The molecule has 0 unspecified atom stereocenters. The highest BCUT2D eigenvalue weighted by Crippen LogP contribution is 2.42. The summed E-state index contributed by atoms with van der Waals surface area (Å²) >= 11 is 0. The lowest BCUT2D eigenvalue weighted by Crippen LogP contribution is -2.38. The number of rotatable bonds is 5. The molecule has 0 atom stereocenters. The maximum Gasteiger partial charge on any atom is 0.0340 e. The SMILES string of the molecule is NCC1(CCNc2ccccc2)CCC1. The van der Waals surface area contributed by atoms with Crippen LogP contribution in [-0.4, -0.2) is 13.1 Å². The molecule has 0 spiro atoms. The van der Waals surface area contributed by atoms with Crippen LogP contribution in [0.2, 0.25) is 0 Å². The zero-order valence-electron chi connectivity index (χ0n) is 9.21. The second-order valence-electron chi connectivity index (χ2n) is 4.60. The molecule has 82 valence electrons. The molecule has 1 aliphatic carbocycles. The zero-order valence-corrected chi connectivity index (χ0v) is 9.21. The summed E-state index contributed by atoms with van der Waals surface area (Å²) in [5.74, 6) is 0. The van der Waals surface area contributed by atoms with Crippen LogP contribution in [0.5, 0.6) is 0 Å². The van der Waals surface area contributed by atoms with E-state index in [-0.39, 0.29) is 0 Å². The van der Waals surface area contributed by atoms with Crippen LogP contribution in [0.1, 0.15) is 25.7 Å². The van der Waals surface area contributed by atoms with Crippen molar-refractivity contribution in [1.29, 1.82) is 0 Å². The van der Waals surface area contributed by atoms with Crippen LogP contribution >= 0.6 is 0 Å². The van der Waals surface area contributed by atoms with Gasteiger partial charge in [-0.1, -0.05) is 24.6 Å². The molecule has 0 aromatic heterocycles. The Bertz CT molecular complexity index is 285. The van der Waals surface area contributed by atoms with Crippen molar-refractivity contribution in [2.24, 2.45) is 11.1 Å². The normalized spacial score (nSPS) is 18.2. The fourth-order valence-corrected chi connectivity index (χ4v) is 2.26. The van der Waals surface area contributed by atoms with Crippen LogP contribution in [-0.2, 0) is 0 Å². The molecule has 0 amide bonds. The Kier molecular flexibility index (Phi) is 3.27. The molecule has 1 aliphatic rings. The molecular weight excluding hydrogens is 184 g/mol. The van der Waals surface area contributed by atoms with E-state index in [2.05, 4.69) is 29.6 Å². The highest BCUT2D eigenvalue weighted by atomic mass is 14.9. The Balaban J connectivity index is 1.75. The molecule has 1 saturated carbocycles. The van der Waals surface area contributed by atoms with Crippen molar-refractivity contribution < 1.29 is 0 Å². The first kappa shape index (κ1) is 10.5. The molecule has 3 N–H and O–H groups in total. The number of benzene rings is 1. The summed E-state index contributed by atoms with van der Waals surface area (Å²) in [5, 5.41) is 3.45. The fourth-order valence-electron chi connectivity index (χ4n) is 2.26. The van der Waals surface area contributed by atoms with Gasteiger partial charge < -0.3 is 11.1 Å². The zero-order chi connectivity index (χ0) is 10.6. The molecular formula is C13H20N2. The summed E-state index contributed by atoms with van der Waals surface area (Å²) in [6.07, 6.45) is 5.21. The average Bonchev–Trinajstić information content (AvgIpc) is 2.24. The van der Waals surface area contributed by atoms with E-state index in [0.717, 1.165) is 13.1 Å². The number of nitrogens with two attached hydrogens (primary N) is 1. The summed E-state index contributed by atoms with van der Waals surface area (Å²) in [4.78, 5) is 0. The fraction of sp³-hybridized carbons (Fsp3) is 0.538. The molecule has 2 nitrogen and oxygen atoms in total.